The van der Waals surface area contributed by atoms with Gasteiger partial charge >= 0.3 is 5.97 Å². The lowest BCUT2D eigenvalue weighted by Crippen LogP contribution is -2.42. The van der Waals surface area contributed by atoms with Gasteiger partial charge in [-0.25, -0.2) is 9.18 Å². The van der Waals surface area contributed by atoms with Crippen molar-refractivity contribution in [1.82, 2.24) is 10.2 Å². The van der Waals surface area contributed by atoms with Gasteiger partial charge < -0.3 is 15.2 Å². The van der Waals surface area contributed by atoms with Crippen molar-refractivity contribution in [3.8, 4) is 5.75 Å². The molecule has 3 aliphatic rings. The Balaban J connectivity index is 1.12. The van der Waals surface area contributed by atoms with E-state index in [4.69, 9.17) is 27.9 Å². The van der Waals surface area contributed by atoms with Crippen molar-refractivity contribution in [2.24, 2.45) is 11.8 Å². The zero-order chi connectivity index (χ0) is 30.1. The number of carbonyl (C=O) groups excluding carboxylic acids is 1. The molecule has 6 nitrogen and oxygen atoms in total. The van der Waals surface area contributed by atoms with Crippen LogP contribution in [0.25, 0.3) is 0 Å². The second kappa shape index (κ2) is 12.8. The van der Waals surface area contributed by atoms with Gasteiger partial charge in [0.2, 0.25) is 0 Å². The monoisotopic (exact) mass is 624 g/mol. The lowest BCUT2D eigenvalue weighted by Gasteiger charge is -2.38. The van der Waals surface area contributed by atoms with Crippen LogP contribution in [0.3, 0.4) is 0 Å². The molecule has 3 fully saturated rings. The Morgan fingerprint density at radius 3 is 2.21 bits per heavy atom. The fraction of sp³-hybridized carbons (Fsp3) is 0.412. The van der Waals surface area contributed by atoms with Gasteiger partial charge in [-0.15, -0.1) is 0 Å². The highest BCUT2D eigenvalue weighted by atomic mass is 35.5. The van der Waals surface area contributed by atoms with Crippen molar-refractivity contribution in [2.45, 2.75) is 56.5 Å². The number of aliphatic carboxylic acids is 1. The number of halogens is 3. The number of carboxylic acids is 1. The minimum atomic E-state index is -1.09. The molecule has 9 heteroatoms. The maximum atomic E-state index is 15.2. The van der Waals surface area contributed by atoms with Gasteiger partial charge in [-0.1, -0.05) is 53.5 Å². The van der Waals surface area contributed by atoms with Gasteiger partial charge in [0.1, 0.15) is 17.6 Å². The van der Waals surface area contributed by atoms with Crippen molar-refractivity contribution < 1.29 is 23.8 Å². The van der Waals surface area contributed by atoms with Crippen LogP contribution >= 0.6 is 23.2 Å². The third-order valence-electron chi connectivity index (χ3n) is 8.81. The maximum absolute atomic E-state index is 15.2. The minimum absolute atomic E-state index is 0.0224. The van der Waals surface area contributed by atoms with Crippen LogP contribution in [0.5, 0.6) is 5.75 Å². The summed E-state index contributed by atoms with van der Waals surface area (Å²) in [6.07, 6.45) is 5.24. The lowest BCUT2D eigenvalue weighted by molar-refractivity contribution is -0.139. The summed E-state index contributed by atoms with van der Waals surface area (Å²) in [6, 6.07) is 17.9. The smallest absolute Gasteiger partial charge is 0.326 e. The number of piperidine rings is 1. The number of amides is 1. The molecule has 0 spiro atoms. The summed E-state index contributed by atoms with van der Waals surface area (Å²) in [5.41, 5.74) is 2.93. The van der Waals surface area contributed by atoms with Gasteiger partial charge in [0.05, 0.1) is 18.2 Å². The molecule has 3 aromatic carbocycles. The van der Waals surface area contributed by atoms with Crippen LogP contribution in [0.2, 0.25) is 10.0 Å². The highest BCUT2D eigenvalue weighted by Crippen LogP contribution is 2.45. The Bertz CT molecular complexity index is 1470. The predicted octanol–water partition coefficient (Wildman–Crippen LogP) is 7.48. The number of benzene rings is 3. The quantitative estimate of drug-likeness (QED) is 0.231. The number of hydrogen-bond donors (Lipinski definition) is 2. The molecule has 1 heterocycles. The van der Waals surface area contributed by atoms with Crippen molar-refractivity contribution in [3.05, 3.63) is 98.8 Å². The van der Waals surface area contributed by atoms with E-state index in [1.807, 2.05) is 30.3 Å². The molecule has 6 rings (SSSR count). The largest absolute Gasteiger partial charge is 0.493 e. The van der Waals surface area contributed by atoms with Gasteiger partial charge in [-0.3, -0.25) is 9.69 Å². The molecule has 1 saturated heterocycles. The topological polar surface area (TPSA) is 78.9 Å². The second-order valence-corrected chi connectivity index (χ2v) is 13.0. The highest BCUT2D eigenvalue weighted by Gasteiger charge is 2.38. The van der Waals surface area contributed by atoms with Crippen molar-refractivity contribution >= 4 is 35.1 Å². The SMILES string of the molecule is O=C(N[C@H](C(=O)O)C1CC1)c1cc(C2CC2)c(OCC2CCN(C(c3ccccc3)c3cc(Cl)cc(Cl)c3)CC2)cc1F. The minimum Gasteiger partial charge on any atom is -0.493 e. The van der Waals surface area contributed by atoms with Crippen molar-refractivity contribution in [1.29, 1.82) is 0 Å². The molecule has 0 aromatic heterocycles. The predicted molar refractivity (Wildman–Crippen MR) is 165 cm³/mol. The van der Waals surface area contributed by atoms with E-state index in [9.17, 15) is 14.7 Å². The van der Waals surface area contributed by atoms with E-state index in [1.165, 1.54) is 11.6 Å². The Morgan fingerprint density at radius 2 is 1.60 bits per heavy atom. The zero-order valence-electron chi connectivity index (χ0n) is 23.8. The van der Waals surface area contributed by atoms with Crippen molar-refractivity contribution in [3.63, 3.8) is 0 Å². The molecular formula is C34H35Cl2FN2O4. The Morgan fingerprint density at radius 1 is 0.930 bits per heavy atom. The molecule has 0 radical (unpaired) electrons. The van der Waals surface area contributed by atoms with E-state index in [1.54, 1.807) is 12.1 Å². The summed E-state index contributed by atoms with van der Waals surface area (Å²) in [4.78, 5) is 26.9. The standard InChI is InChI=1S/C34H35Cl2FN2O4/c35-25-14-24(15-26(36)16-25)32(23-4-2-1-3-5-23)39-12-10-20(11-13-39)19-43-30-18-29(37)28(17-27(30)21-6-7-21)33(40)38-31(34(41)42)22-8-9-22/h1-5,14-18,20-22,31-32H,6-13,19H2,(H,38,40)(H,41,42)/t31-,32?/m0/s1. The molecule has 0 bridgehead atoms. The average molecular weight is 626 g/mol. The highest BCUT2D eigenvalue weighted by molar-refractivity contribution is 6.34. The number of rotatable bonds is 11. The van der Waals surface area contributed by atoms with E-state index in [0.29, 0.717) is 28.3 Å². The summed E-state index contributed by atoms with van der Waals surface area (Å²) in [5.74, 6) is -1.57. The number of hydrogen-bond acceptors (Lipinski definition) is 4. The third kappa shape index (κ3) is 7.17. The van der Waals surface area contributed by atoms with Crippen LogP contribution in [0, 0.1) is 17.7 Å². The fourth-order valence-electron chi connectivity index (χ4n) is 6.18. The first kappa shape index (κ1) is 29.9. The van der Waals surface area contributed by atoms with Crippen LogP contribution < -0.4 is 10.1 Å². The second-order valence-electron chi connectivity index (χ2n) is 12.1. The number of likely N-dealkylation sites (tertiary alicyclic amines) is 1. The van der Waals surface area contributed by atoms with E-state index < -0.39 is 23.7 Å². The number of nitrogens with zero attached hydrogens (tertiary/aromatic N) is 1. The van der Waals surface area contributed by atoms with E-state index in [-0.39, 0.29) is 23.4 Å². The normalized spacial score (nSPS) is 19.0. The van der Waals surface area contributed by atoms with Crippen molar-refractivity contribution in [2.75, 3.05) is 19.7 Å². The van der Waals surface area contributed by atoms with Crippen LogP contribution in [0.15, 0.2) is 60.7 Å². The summed E-state index contributed by atoms with van der Waals surface area (Å²) in [7, 11) is 0. The van der Waals surface area contributed by atoms with Crippen LogP contribution in [0.1, 0.15) is 77.5 Å². The molecule has 43 heavy (non-hydrogen) atoms. The molecule has 1 aliphatic heterocycles. The molecule has 2 saturated carbocycles. The van der Waals surface area contributed by atoms with Gasteiger partial charge in [0.15, 0.2) is 0 Å². The van der Waals surface area contributed by atoms with E-state index in [2.05, 4.69) is 22.3 Å². The molecule has 226 valence electrons. The van der Waals surface area contributed by atoms with Gasteiger partial charge in [-0.2, -0.15) is 0 Å². The Labute approximate surface area is 261 Å². The van der Waals surface area contributed by atoms with Gasteiger partial charge in [0.25, 0.3) is 5.91 Å². The first-order valence-corrected chi connectivity index (χ1v) is 15.8. The number of carboxylic acid groups (broad SMARTS) is 1. The Hall–Kier alpha value is -3.13. The Kier molecular flexibility index (Phi) is 8.94. The molecule has 2 N–H and O–H groups in total. The first-order valence-electron chi connectivity index (χ1n) is 15.0. The molecular weight excluding hydrogens is 590 g/mol. The number of carbonyl (C=O) groups is 2. The number of nitrogens with one attached hydrogen (secondary N) is 1. The molecule has 1 unspecified atom stereocenters. The molecule has 2 atom stereocenters. The first-order chi connectivity index (χ1) is 20.8. The summed E-state index contributed by atoms with van der Waals surface area (Å²) < 4.78 is 21.4. The summed E-state index contributed by atoms with van der Waals surface area (Å²) in [5, 5.41) is 13.2. The van der Waals surface area contributed by atoms with Crippen LogP contribution in [-0.4, -0.2) is 47.6 Å². The van der Waals surface area contributed by atoms with E-state index >= 15 is 4.39 Å². The fourth-order valence-corrected chi connectivity index (χ4v) is 6.72. The third-order valence-corrected chi connectivity index (χ3v) is 9.25. The molecule has 1 amide bonds. The molecule has 3 aromatic rings. The molecule has 2 aliphatic carbocycles. The van der Waals surface area contributed by atoms with Crippen LogP contribution in [0.4, 0.5) is 4.39 Å². The summed E-state index contributed by atoms with van der Waals surface area (Å²) >= 11 is 12.8. The zero-order valence-corrected chi connectivity index (χ0v) is 25.3. The van der Waals surface area contributed by atoms with E-state index in [0.717, 1.165) is 62.7 Å². The average Bonchev–Trinajstić information content (AvgIpc) is 3.90. The maximum Gasteiger partial charge on any atom is 0.326 e. The van der Waals surface area contributed by atoms with Gasteiger partial charge in [-0.05, 0) is 110 Å². The lowest BCUT2D eigenvalue weighted by atomic mass is 9.91. The van der Waals surface area contributed by atoms with Gasteiger partial charge in [0, 0.05) is 16.1 Å². The number of ether oxygens (including phenoxy) is 1. The summed E-state index contributed by atoms with van der Waals surface area (Å²) in [6.45, 7) is 2.17. The van der Waals surface area contributed by atoms with Crippen LogP contribution in [-0.2, 0) is 4.79 Å².